The maximum absolute atomic E-state index is 12.4. The number of likely N-dealkylation sites (tertiary alicyclic amines) is 1. The number of alkyl carbamates (subject to hydrolysis) is 1. The van der Waals surface area contributed by atoms with E-state index < -0.39 is 11.7 Å². The summed E-state index contributed by atoms with van der Waals surface area (Å²) in [6.45, 7) is 9.94. The van der Waals surface area contributed by atoms with Crippen LogP contribution < -0.4 is 5.32 Å². The van der Waals surface area contributed by atoms with Crippen LogP contribution in [0.4, 0.5) is 9.59 Å². The van der Waals surface area contributed by atoms with Crippen LogP contribution in [0, 0.1) is 11.3 Å². The molecular weight excluding hydrogens is 468 g/mol. The zero-order chi connectivity index (χ0) is 26.5. The van der Waals surface area contributed by atoms with Crippen LogP contribution >= 0.6 is 0 Å². The van der Waals surface area contributed by atoms with Gasteiger partial charge in [0.1, 0.15) is 5.60 Å². The number of hydrogen-bond acceptors (Lipinski definition) is 9. The first-order valence-electron chi connectivity index (χ1n) is 12.8. The molecule has 2 unspecified atom stereocenters. The number of nitrogens with one attached hydrogen (secondary N) is 2. The van der Waals surface area contributed by atoms with Crippen LogP contribution in [0.1, 0.15) is 46.5 Å². The van der Waals surface area contributed by atoms with Crippen LogP contribution in [0.2, 0.25) is 0 Å². The second-order valence-corrected chi connectivity index (χ2v) is 10.8. The van der Waals surface area contributed by atoms with Gasteiger partial charge in [-0.1, -0.05) is 0 Å². The van der Waals surface area contributed by atoms with Gasteiger partial charge in [0.15, 0.2) is 6.23 Å². The summed E-state index contributed by atoms with van der Waals surface area (Å²) in [4.78, 5) is 43.7. The Kier molecular flexibility index (Phi) is 9.40. The Hall–Kier alpha value is -2.60. The van der Waals surface area contributed by atoms with Crippen molar-refractivity contribution in [2.45, 2.75) is 64.3 Å². The molecule has 3 saturated heterocycles. The minimum atomic E-state index is -0.610. The van der Waals surface area contributed by atoms with Gasteiger partial charge in [0.25, 0.3) is 0 Å². The third kappa shape index (κ3) is 7.70. The Morgan fingerprint density at radius 2 is 1.72 bits per heavy atom. The minimum absolute atomic E-state index is 0.0187. The molecule has 2 amide bonds. The molecule has 0 aromatic rings. The first-order chi connectivity index (χ1) is 17.0. The number of carbonyl (C=O) groups excluding carboxylic acids is 3. The predicted octanol–water partition coefficient (Wildman–Crippen LogP) is 1.51. The highest BCUT2D eigenvalue weighted by Crippen LogP contribution is 2.29. The molecule has 2 N–H and O–H groups in total. The molecule has 0 bridgehead atoms. The predicted molar refractivity (Wildman–Crippen MR) is 132 cm³/mol. The number of cyclic esters (lactones) is 1. The second kappa shape index (κ2) is 12.1. The van der Waals surface area contributed by atoms with Crippen LogP contribution in [-0.2, 0) is 19.0 Å². The van der Waals surface area contributed by atoms with Crippen molar-refractivity contribution in [3.05, 3.63) is 0 Å². The van der Waals surface area contributed by atoms with Gasteiger partial charge < -0.3 is 24.0 Å². The summed E-state index contributed by atoms with van der Waals surface area (Å²) in [5.41, 5.74) is -0.607. The fourth-order valence-electron chi connectivity index (χ4n) is 5.00. The van der Waals surface area contributed by atoms with Gasteiger partial charge in [0, 0.05) is 46.3 Å². The van der Waals surface area contributed by atoms with Gasteiger partial charge in [-0.2, -0.15) is 0 Å². The lowest BCUT2D eigenvalue weighted by Crippen LogP contribution is -2.54. The summed E-state index contributed by atoms with van der Waals surface area (Å²) in [6.07, 6.45) is 2.45. The third-order valence-corrected chi connectivity index (χ3v) is 7.10. The van der Waals surface area contributed by atoms with Crippen LogP contribution in [0.25, 0.3) is 0 Å². The first-order valence-corrected chi connectivity index (χ1v) is 12.8. The van der Waals surface area contributed by atoms with E-state index in [1.165, 1.54) is 7.11 Å². The molecule has 3 heterocycles. The molecule has 3 aliphatic heterocycles. The summed E-state index contributed by atoms with van der Waals surface area (Å²) in [7, 11) is 3.19. The number of piperazine rings is 1. The molecule has 3 rings (SSSR count). The Labute approximate surface area is 213 Å². The number of ether oxygens (including phenoxy) is 3. The van der Waals surface area contributed by atoms with Gasteiger partial charge in [-0.15, -0.1) is 0 Å². The summed E-state index contributed by atoms with van der Waals surface area (Å²) < 4.78 is 15.7. The number of piperidine rings is 1. The minimum Gasteiger partial charge on any atom is -0.468 e. The SMILES string of the molecule is COC(=O)CN1CCN(C2OC(=O)N(C)C2CCC2CCN(C(=N)NC(=O)OC(C)(C)C)CC2)CC1. The average molecular weight is 511 g/mol. The van der Waals surface area contributed by atoms with Crippen molar-refractivity contribution < 1.29 is 28.6 Å². The van der Waals surface area contributed by atoms with Gasteiger partial charge in [0.2, 0.25) is 5.96 Å². The zero-order valence-electron chi connectivity index (χ0n) is 22.2. The van der Waals surface area contributed by atoms with Gasteiger partial charge in [-0.05, 0) is 52.4 Å². The van der Waals surface area contributed by atoms with E-state index >= 15 is 0 Å². The largest absolute Gasteiger partial charge is 0.468 e. The number of carbonyl (C=O) groups is 3. The van der Waals surface area contributed by atoms with Crippen molar-refractivity contribution in [1.29, 1.82) is 5.41 Å². The summed E-state index contributed by atoms with van der Waals surface area (Å²) in [5.74, 6) is 0.316. The van der Waals surface area contributed by atoms with E-state index in [9.17, 15) is 14.4 Å². The molecule has 12 nitrogen and oxygen atoms in total. The molecule has 0 saturated carbocycles. The highest BCUT2D eigenvalue weighted by Gasteiger charge is 2.43. The number of rotatable bonds is 6. The van der Waals surface area contributed by atoms with Crippen LogP contribution in [0.15, 0.2) is 0 Å². The Balaban J connectivity index is 1.43. The number of likely N-dealkylation sites (N-methyl/N-ethyl adjacent to an activating group) is 1. The monoisotopic (exact) mass is 510 g/mol. The lowest BCUT2D eigenvalue weighted by molar-refractivity contribution is -0.142. The van der Waals surface area contributed by atoms with Gasteiger partial charge in [0.05, 0.1) is 19.7 Å². The Morgan fingerprint density at radius 3 is 2.31 bits per heavy atom. The van der Waals surface area contributed by atoms with Crippen molar-refractivity contribution in [3.63, 3.8) is 0 Å². The van der Waals surface area contributed by atoms with E-state index in [1.807, 2.05) is 4.90 Å². The quantitative estimate of drug-likeness (QED) is 0.236. The molecule has 36 heavy (non-hydrogen) atoms. The van der Waals surface area contributed by atoms with E-state index in [0.29, 0.717) is 19.0 Å². The van der Waals surface area contributed by atoms with Gasteiger partial charge in [-0.3, -0.25) is 25.3 Å². The summed E-state index contributed by atoms with van der Waals surface area (Å²) >= 11 is 0. The molecular formula is C24H42N6O6. The van der Waals surface area contributed by atoms with E-state index in [-0.39, 0.29) is 36.8 Å². The fraction of sp³-hybridized carbons (Fsp3) is 0.833. The number of methoxy groups -OCH3 is 1. The lowest BCUT2D eigenvalue weighted by atomic mass is 9.90. The molecule has 0 radical (unpaired) electrons. The molecule has 0 aliphatic carbocycles. The molecule has 3 aliphatic rings. The number of hydrogen-bond donors (Lipinski definition) is 2. The van der Waals surface area contributed by atoms with E-state index in [1.54, 1.807) is 32.7 Å². The zero-order valence-corrected chi connectivity index (χ0v) is 22.2. The Morgan fingerprint density at radius 1 is 1.08 bits per heavy atom. The van der Waals surface area contributed by atoms with Crippen molar-refractivity contribution in [2.24, 2.45) is 5.92 Å². The standard InChI is InChI=1S/C24H42N6O6/c1-24(2,3)36-22(32)26-21(25)30-10-8-17(9-11-30)6-7-18-20(35-23(33)27(18)4)29-14-12-28(13-15-29)16-19(31)34-5/h17-18,20H,6-16H2,1-5H3,(H2,25,26,32). The smallest absolute Gasteiger partial charge is 0.414 e. The maximum atomic E-state index is 12.4. The number of amides is 2. The van der Waals surface area contributed by atoms with E-state index in [4.69, 9.17) is 19.6 Å². The average Bonchev–Trinajstić information content (AvgIpc) is 3.10. The maximum Gasteiger partial charge on any atom is 0.414 e. The molecule has 204 valence electrons. The Bertz CT molecular complexity index is 801. The number of nitrogens with zero attached hydrogens (tertiary/aromatic N) is 4. The van der Waals surface area contributed by atoms with Gasteiger partial charge >= 0.3 is 18.2 Å². The van der Waals surface area contributed by atoms with Crippen molar-refractivity contribution >= 4 is 24.1 Å². The van der Waals surface area contributed by atoms with E-state index in [0.717, 1.165) is 51.9 Å². The fourth-order valence-corrected chi connectivity index (χ4v) is 5.00. The molecule has 3 fully saturated rings. The molecule has 12 heteroatoms. The normalized spacial score (nSPS) is 24.4. The first kappa shape index (κ1) is 28.0. The summed E-state index contributed by atoms with van der Waals surface area (Å²) in [6, 6.07) is -0.0187. The lowest BCUT2D eigenvalue weighted by Gasteiger charge is -2.39. The number of guanidine groups is 1. The number of esters is 1. The highest BCUT2D eigenvalue weighted by atomic mass is 16.6. The van der Waals surface area contributed by atoms with Gasteiger partial charge in [-0.25, -0.2) is 9.59 Å². The molecule has 0 aromatic heterocycles. The van der Waals surface area contributed by atoms with Crippen LogP contribution in [0.5, 0.6) is 0 Å². The second-order valence-electron chi connectivity index (χ2n) is 10.8. The summed E-state index contributed by atoms with van der Waals surface area (Å²) in [5, 5.41) is 10.7. The third-order valence-electron chi connectivity index (χ3n) is 7.10. The van der Waals surface area contributed by atoms with Crippen LogP contribution in [-0.4, -0.2) is 122 Å². The van der Waals surface area contributed by atoms with Crippen LogP contribution in [0.3, 0.4) is 0 Å². The van der Waals surface area contributed by atoms with Crippen molar-refractivity contribution in [1.82, 2.24) is 24.9 Å². The van der Waals surface area contributed by atoms with Crippen molar-refractivity contribution in [3.8, 4) is 0 Å². The molecule has 0 aromatic carbocycles. The topological polar surface area (TPSA) is 128 Å². The van der Waals surface area contributed by atoms with Crippen molar-refractivity contribution in [2.75, 3.05) is 60.0 Å². The molecule has 2 atom stereocenters. The van der Waals surface area contributed by atoms with E-state index in [2.05, 4.69) is 15.1 Å². The highest BCUT2D eigenvalue weighted by molar-refractivity contribution is 5.92. The molecule has 0 spiro atoms.